The number of ether oxygens (including phenoxy) is 2. The van der Waals surface area contributed by atoms with Gasteiger partial charge in [0, 0.05) is 20.6 Å². The topological polar surface area (TPSA) is 38.7 Å². The van der Waals surface area contributed by atoms with Gasteiger partial charge in [0.2, 0.25) is 0 Å². The molecule has 0 spiro atoms. The van der Waals surface area contributed by atoms with Crippen LogP contribution in [0.1, 0.15) is 51.9 Å². The Kier molecular flexibility index (Phi) is 5.73. The van der Waals surface area contributed by atoms with Crippen molar-refractivity contribution in [3.8, 4) is 0 Å². The summed E-state index contributed by atoms with van der Waals surface area (Å²) < 4.78 is 10.4. The van der Waals surface area contributed by atoms with Crippen molar-refractivity contribution in [2.45, 2.75) is 63.8 Å². The summed E-state index contributed by atoms with van der Waals surface area (Å²) in [6, 6.07) is 0. The molecule has 1 aliphatic rings. The molecule has 3 nitrogen and oxygen atoms in total. The number of hydrogen-bond acceptors (Lipinski definition) is 3. The predicted octanol–water partition coefficient (Wildman–Crippen LogP) is 2.72. The lowest BCUT2D eigenvalue weighted by Crippen LogP contribution is -2.39. The molecule has 0 aromatic rings. The maximum atomic E-state index is 10.5. The van der Waals surface area contributed by atoms with Crippen molar-refractivity contribution >= 4 is 0 Å². The predicted molar refractivity (Wildman–Crippen MR) is 64.2 cm³/mol. The van der Waals surface area contributed by atoms with E-state index >= 15 is 0 Å². The molecule has 0 aromatic carbocycles. The van der Waals surface area contributed by atoms with Crippen LogP contribution in [0.5, 0.6) is 0 Å². The second kappa shape index (κ2) is 6.58. The Labute approximate surface area is 99.1 Å². The van der Waals surface area contributed by atoms with Crippen molar-refractivity contribution in [1.29, 1.82) is 0 Å². The van der Waals surface area contributed by atoms with Crippen LogP contribution in [0.3, 0.4) is 0 Å². The molecule has 0 heterocycles. The first-order chi connectivity index (χ1) is 7.60. The summed E-state index contributed by atoms with van der Waals surface area (Å²) in [6.07, 6.45) is 7.63. The van der Waals surface area contributed by atoms with Gasteiger partial charge in [0.05, 0.1) is 5.60 Å². The van der Waals surface area contributed by atoms with Gasteiger partial charge in [0.1, 0.15) is 0 Å². The van der Waals surface area contributed by atoms with Crippen molar-refractivity contribution in [2.75, 3.05) is 14.2 Å². The first-order valence-electron chi connectivity index (χ1n) is 6.38. The summed E-state index contributed by atoms with van der Waals surface area (Å²) in [5, 5.41) is 10.5. The second-order valence-corrected chi connectivity index (χ2v) is 5.15. The lowest BCUT2D eigenvalue weighted by atomic mass is 9.81. The van der Waals surface area contributed by atoms with Crippen LogP contribution in [0, 0.1) is 5.92 Å². The van der Waals surface area contributed by atoms with Gasteiger partial charge in [-0.2, -0.15) is 0 Å². The van der Waals surface area contributed by atoms with Gasteiger partial charge in [-0.15, -0.1) is 0 Å². The summed E-state index contributed by atoms with van der Waals surface area (Å²) in [5.74, 6) is 0.391. The highest BCUT2D eigenvalue weighted by Crippen LogP contribution is 2.34. The van der Waals surface area contributed by atoms with Crippen LogP contribution >= 0.6 is 0 Å². The van der Waals surface area contributed by atoms with Gasteiger partial charge in [-0.25, -0.2) is 0 Å². The van der Waals surface area contributed by atoms with E-state index in [0.717, 1.165) is 12.8 Å². The van der Waals surface area contributed by atoms with Crippen molar-refractivity contribution in [3.05, 3.63) is 0 Å². The first-order valence-corrected chi connectivity index (χ1v) is 6.38. The average molecular weight is 230 g/mol. The number of aliphatic hydroxyl groups is 1. The zero-order valence-electron chi connectivity index (χ0n) is 10.9. The van der Waals surface area contributed by atoms with E-state index in [1.54, 1.807) is 14.2 Å². The zero-order chi connectivity index (χ0) is 12.0. The largest absolute Gasteiger partial charge is 0.390 e. The van der Waals surface area contributed by atoms with Crippen molar-refractivity contribution in [2.24, 2.45) is 5.92 Å². The van der Waals surface area contributed by atoms with Gasteiger partial charge in [0.15, 0.2) is 6.29 Å². The molecule has 16 heavy (non-hydrogen) atoms. The molecule has 3 heteroatoms. The van der Waals surface area contributed by atoms with E-state index in [9.17, 15) is 5.11 Å². The fraction of sp³-hybridized carbons (Fsp3) is 1.00. The van der Waals surface area contributed by atoms with E-state index < -0.39 is 5.60 Å². The summed E-state index contributed by atoms with van der Waals surface area (Å²) in [7, 11) is 3.24. The molecule has 1 unspecified atom stereocenters. The van der Waals surface area contributed by atoms with E-state index in [-0.39, 0.29) is 6.29 Å². The SMILES string of the molecule is COC(CC(C)(O)C1CCCCCC1)OC. The third-order valence-corrected chi connectivity index (χ3v) is 3.84. The molecule has 1 fully saturated rings. The molecular formula is C13H26O3. The highest BCUT2D eigenvalue weighted by molar-refractivity contribution is 4.84. The van der Waals surface area contributed by atoms with E-state index in [4.69, 9.17) is 9.47 Å². The minimum atomic E-state index is -0.666. The Morgan fingerprint density at radius 3 is 2.06 bits per heavy atom. The highest BCUT2D eigenvalue weighted by Gasteiger charge is 2.34. The third kappa shape index (κ3) is 4.04. The number of hydrogen-bond donors (Lipinski definition) is 1. The summed E-state index contributed by atoms with van der Waals surface area (Å²) >= 11 is 0. The van der Waals surface area contributed by atoms with Gasteiger partial charge in [0.25, 0.3) is 0 Å². The van der Waals surface area contributed by atoms with Gasteiger partial charge in [-0.05, 0) is 25.7 Å². The normalized spacial score (nSPS) is 23.1. The Morgan fingerprint density at radius 1 is 1.12 bits per heavy atom. The van der Waals surface area contributed by atoms with Gasteiger partial charge < -0.3 is 14.6 Å². The summed E-state index contributed by atoms with van der Waals surface area (Å²) in [6.45, 7) is 1.92. The molecule has 1 atom stereocenters. The molecule has 0 amide bonds. The average Bonchev–Trinajstić information content (AvgIpc) is 2.54. The Hall–Kier alpha value is -0.120. The first kappa shape index (κ1) is 13.9. The quantitative estimate of drug-likeness (QED) is 0.583. The van der Waals surface area contributed by atoms with E-state index in [1.165, 1.54) is 25.7 Å². The molecule has 1 rings (SSSR count). The standard InChI is InChI=1S/C13H26O3/c1-13(14,10-12(15-2)16-3)11-8-6-4-5-7-9-11/h11-12,14H,4-10H2,1-3H3. The molecular weight excluding hydrogens is 204 g/mol. The Morgan fingerprint density at radius 2 is 1.62 bits per heavy atom. The van der Waals surface area contributed by atoms with E-state index in [1.807, 2.05) is 6.92 Å². The molecule has 0 bridgehead atoms. The van der Waals surface area contributed by atoms with Gasteiger partial charge in [-0.3, -0.25) is 0 Å². The lowest BCUT2D eigenvalue weighted by molar-refractivity contribution is -0.152. The summed E-state index contributed by atoms with van der Waals surface area (Å²) in [5.41, 5.74) is -0.666. The minimum absolute atomic E-state index is 0.293. The molecule has 1 aliphatic carbocycles. The molecule has 1 saturated carbocycles. The monoisotopic (exact) mass is 230 g/mol. The van der Waals surface area contributed by atoms with Crippen LogP contribution in [0.15, 0.2) is 0 Å². The van der Waals surface area contributed by atoms with Crippen LogP contribution in [0.2, 0.25) is 0 Å². The highest BCUT2D eigenvalue weighted by atomic mass is 16.7. The van der Waals surface area contributed by atoms with Gasteiger partial charge >= 0.3 is 0 Å². The molecule has 0 aliphatic heterocycles. The lowest BCUT2D eigenvalue weighted by Gasteiger charge is -2.34. The zero-order valence-corrected chi connectivity index (χ0v) is 10.9. The number of rotatable bonds is 5. The van der Waals surface area contributed by atoms with Crippen LogP contribution in [-0.4, -0.2) is 31.2 Å². The molecule has 1 N–H and O–H groups in total. The smallest absolute Gasteiger partial charge is 0.159 e. The molecule has 0 aromatic heterocycles. The Bertz CT molecular complexity index is 180. The van der Waals surface area contributed by atoms with Crippen molar-refractivity contribution in [3.63, 3.8) is 0 Å². The minimum Gasteiger partial charge on any atom is -0.390 e. The van der Waals surface area contributed by atoms with Crippen LogP contribution in [-0.2, 0) is 9.47 Å². The van der Waals surface area contributed by atoms with Crippen LogP contribution in [0.4, 0.5) is 0 Å². The molecule has 96 valence electrons. The Balaban J connectivity index is 2.52. The second-order valence-electron chi connectivity index (χ2n) is 5.15. The van der Waals surface area contributed by atoms with Crippen molar-refractivity contribution in [1.82, 2.24) is 0 Å². The third-order valence-electron chi connectivity index (χ3n) is 3.84. The fourth-order valence-electron chi connectivity index (χ4n) is 2.67. The number of methoxy groups -OCH3 is 2. The molecule has 0 radical (unpaired) electrons. The van der Waals surface area contributed by atoms with Crippen LogP contribution in [0.25, 0.3) is 0 Å². The maximum Gasteiger partial charge on any atom is 0.159 e. The maximum absolute atomic E-state index is 10.5. The van der Waals surface area contributed by atoms with Crippen molar-refractivity contribution < 1.29 is 14.6 Å². The fourth-order valence-corrected chi connectivity index (χ4v) is 2.67. The van der Waals surface area contributed by atoms with Crippen LogP contribution < -0.4 is 0 Å². The van der Waals surface area contributed by atoms with E-state index in [0.29, 0.717) is 12.3 Å². The van der Waals surface area contributed by atoms with E-state index in [2.05, 4.69) is 0 Å². The molecule has 0 saturated heterocycles. The summed E-state index contributed by atoms with van der Waals surface area (Å²) in [4.78, 5) is 0. The van der Waals surface area contributed by atoms with Gasteiger partial charge in [-0.1, -0.05) is 25.7 Å².